The predicted molar refractivity (Wildman–Crippen MR) is 117 cm³/mol. The molecule has 2 aliphatic rings. The molecule has 2 aliphatic heterocycles. The Labute approximate surface area is 179 Å². The maximum absolute atomic E-state index is 13.9. The van der Waals surface area contributed by atoms with Crippen LogP contribution in [0, 0.1) is 5.82 Å². The Morgan fingerprint density at radius 1 is 1.20 bits per heavy atom. The Morgan fingerprint density at radius 2 is 2.00 bits per heavy atom. The normalized spacial score (nSPS) is 17.6. The lowest BCUT2D eigenvalue weighted by molar-refractivity contribution is -0.887. The van der Waals surface area contributed by atoms with Gasteiger partial charge in [0, 0.05) is 41.8 Å². The van der Waals surface area contributed by atoms with E-state index in [2.05, 4.69) is 10.6 Å². The molecule has 0 saturated carbocycles. The third kappa shape index (κ3) is 4.91. The number of hydrogen-bond acceptors (Lipinski definition) is 3. The number of fused-ring (bicyclic) bond motifs is 1. The van der Waals surface area contributed by atoms with Gasteiger partial charge in [-0.05, 0) is 30.3 Å². The van der Waals surface area contributed by atoms with Crippen LogP contribution < -0.4 is 15.5 Å². The SMILES string of the molecule is O=C1Nc2cc(C(=O)NCCC[NH+]3CCCC3)ccc2SC1=Cc1ccccc1F. The van der Waals surface area contributed by atoms with Crippen molar-refractivity contribution in [2.45, 2.75) is 24.2 Å². The molecule has 0 atom stereocenters. The van der Waals surface area contributed by atoms with E-state index in [0.717, 1.165) is 17.9 Å². The van der Waals surface area contributed by atoms with Crippen molar-refractivity contribution in [2.75, 3.05) is 31.5 Å². The number of amides is 2. The first-order valence-electron chi connectivity index (χ1n) is 10.3. The Balaban J connectivity index is 1.38. The maximum atomic E-state index is 13.9. The first-order chi connectivity index (χ1) is 14.6. The molecule has 0 unspecified atom stereocenters. The van der Waals surface area contributed by atoms with Crippen LogP contribution in [-0.2, 0) is 4.79 Å². The number of benzene rings is 2. The third-order valence-electron chi connectivity index (χ3n) is 5.43. The summed E-state index contributed by atoms with van der Waals surface area (Å²) in [5.74, 6) is -0.814. The van der Waals surface area contributed by atoms with Gasteiger partial charge in [0.25, 0.3) is 11.8 Å². The van der Waals surface area contributed by atoms with Gasteiger partial charge in [0.1, 0.15) is 5.82 Å². The number of rotatable bonds is 6. The zero-order valence-electron chi connectivity index (χ0n) is 16.7. The number of carbonyl (C=O) groups is 2. The van der Waals surface area contributed by atoms with Gasteiger partial charge < -0.3 is 15.5 Å². The van der Waals surface area contributed by atoms with Gasteiger partial charge in [-0.2, -0.15) is 0 Å². The first-order valence-corrected chi connectivity index (χ1v) is 11.1. The van der Waals surface area contributed by atoms with Crippen LogP contribution in [-0.4, -0.2) is 38.0 Å². The summed E-state index contributed by atoms with van der Waals surface area (Å²) >= 11 is 1.27. The van der Waals surface area contributed by atoms with E-state index in [1.54, 1.807) is 41.3 Å². The molecule has 2 aromatic carbocycles. The number of quaternary nitrogens is 1. The summed E-state index contributed by atoms with van der Waals surface area (Å²) in [6.07, 6.45) is 5.11. The minimum Gasteiger partial charge on any atom is -0.352 e. The van der Waals surface area contributed by atoms with E-state index >= 15 is 0 Å². The predicted octanol–water partition coefficient (Wildman–Crippen LogP) is 2.71. The van der Waals surface area contributed by atoms with Crippen LogP contribution in [0.3, 0.4) is 0 Å². The van der Waals surface area contributed by atoms with Gasteiger partial charge in [0.15, 0.2) is 0 Å². The van der Waals surface area contributed by atoms with Crippen molar-refractivity contribution in [1.29, 1.82) is 0 Å². The number of anilines is 1. The number of nitrogens with one attached hydrogen (secondary N) is 3. The van der Waals surface area contributed by atoms with E-state index in [0.29, 0.717) is 28.3 Å². The van der Waals surface area contributed by atoms with Crippen molar-refractivity contribution in [3.8, 4) is 0 Å². The molecule has 4 rings (SSSR count). The largest absolute Gasteiger partial charge is 0.352 e. The van der Waals surface area contributed by atoms with E-state index < -0.39 is 0 Å². The van der Waals surface area contributed by atoms with Crippen molar-refractivity contribution < 1.29 is 18.9 Å². The topological polar surface area (TPSA) is 62.6 Å². The standard InChI is InChI=1S/C23H24FN3O2S/c24-18-7-2-1-6-16(18)15-21-23(29)26-19-14-17(8-9-20(19)30-21)22(28)25-10-5-13-27-11-3-4-12-27/h1-2,6-9,14-15H,3-5,10-13H2,(H,25,28)(H,26,29)/p+1. The molecular weight excluding hydrogens is 401 g/mol. The van der Waals surface area contributed by atoms with E-state index in [-0.39, 0.29) is 17.6 Å². The molecular formula is C23H25FN3O2S+. The van der Waals surface area contributed by atoms with Gasteiger partial charge >= 0.3 is 0 Å². The fourth-order valence-corrected chi connectivity index (χ4v) is 4.72. The summed E-state index contributed by atoms with van der Waals surface area (Å²) in [7, 11) is 0. The molecule has 30 heavy (non-hydrogen) atoms. The minimum absolute atomic E-state index is 0.138. The number of carbonyl (C=O) groups excluding carboxylic acids is 2. The number of halogens is 1. The molecule has 0 aliphatic carbocycles. The van der Waals surface area contributed by atoms with Crippen LogP contribution in [0.1, 0.15) is 35.2 Å². The molecule has 3 N–H and O–H groups in total. The zero-order valence-corrected chi connectivity index (χ0v) is 17.5. The smallest absolute Gasteiger partial charge is 0.262 e. The second-order valence-electron chi connectivity index (χ2n) is 7.61. The number of likely N-dealkylation sites (tertiary alicyclic amines) is 1. The summed E-state index contributed by atoms with van der Waals surface area (Å²) in [5, 5.41) is 5.78. The van der Waals surface area contributed by atoms with E-state index in [4.69, 9.17) is 0 Å². The summed E-state index contributed by atoms with van der Waals surface area (Å²) in [4.78, 5) is 27.8. The Hall–Kier alpha value is -2.64. The molecule has 1 saturated heterocycles. The average Bonchev–Trinajstić information content (AvgIpc) is 3.26. The highest BCUT2D eigenvalue weighted by molar-refractivity contribution is 8.04. The molecule has 2 heterocycles. The molecule has 5 nitrogen and oxygen atoms in total. The fourth-order valence-electron chi connectivity index (χ4n) is 3.80. The van der Waals surface area contributed by atoms with Crippen molar-refractivity contribution in [3.05, 3.63) is 64.3 Å². The highest BCUT2D eigenvalue weighted by Gasteiger charge is 2.23. The highest BCUT2D eigenvalue weighted by atomic mass is 32.2. The van der Waals surface area contributed by atoms with Gasteiger partial charge in [-0.1, -0.05) is 30.0 Å². The van der Waals surface area contributed by atoms with Crippen LogP contribution in [0.4, 0.5) is 10.1 Å². The minimum atomic E-state index is -0.373. The first kappa shape index (κ1) is 20.6. The summed E-state index contributed by atoms with van der Waals surface area (Å²) in [6, 6.07) is 11.6. The van der Waals surface area contributed by atoms with Crippen LogP contribution in [0.2, 0.25) is 0 Å². The zero-order chi connectivity index (χ0) is 20.9. The van der Waals surface area contributed by atoms with E-state index in [1.807, 2.05) is 6.07 Å². The molecule has 0 radical (unpaired) electrons. The van der Waals surface area contributed by atoms with Crippen molar-refractivity contribution in [1.82, 2.24) is 5.32 Å². The Bertz CT molecular complexity index is 986. The second kappa shape index (κ2) is 9.45. The lowest BCUT2D eigenvalue weighted by Crippen LogP contribution is -3.10. The number of hydrogen-bond donors (Lipinski definition) is 3. The van der Waals surface area contributed by atoms with E-state index in [9.17, 15) is 14.0 Å². The van der Waals surface area contributed by atoms with Crippen LogP contribution >= 0.6 is 11.8 Å². The monoisotopic (exact) mass is 426 g/mol. The lowest BCUT2D eigenvalue weighted by atomic mass is 10.1. The Morgan fingerprint density at radius 3 is 2.80 bits per heavy atom. The van der Waals surface area contributed by atoms with Crippen molar-refractivity contribution in [2.24, 2.45) is 0 Å². The van der Waals surface area contributed by atoms with Gasteiger partial charge in [-0.25, -0.2) is 4.39 Å². The summed E-state index contributed by atoms with van der Waals surface area (Å²) < 4.78 is 13.9. The fraction of sp³-hybridized carbons (Fsp3) is 0.304. The quantitative estimate of drug-likeness (QED) is 0.492. The van der Waals surface area contributed by atoms with Gasteiger partial charge in [0.05, 0.1) is 30.2 Å². The molecule has 0 bridgehead atoms. The van der Waals surface area contributed by atoms with Gasteiger partial charge in [-0.15, -0.1) is 0 Å². The molecule has 0 spiro atoms. The van der Waals surface area contributed by atoms with Gasteiger partial charge in [-0.3, -0.25) is 9.59 Å². The Kier molecular flexibility index (Phi) is 6.50. The van der Waals surface area contributed by atoms with Crippen LogP contribution in [0.5, 0.6) is 0 Å². The second-order valence-corrected chi connectivity index (χ2v) is 8.70. The van der Waals surface area contributed by atoms with Crippen molar-refractivity contribution >= 4 is 35.3 Å². The van der Waals surface area contributed by atoms with Gasteiger partial charge in [0.2, 0.25) is 0 Å². The lowest BCUT2D eigenvalue weighted by Gasteiger charge is -2.19. The molecule has 156 valence electrons. The molecule has 2 amide bonds. The summed E-state index contributed by atoms with van der Waals surface area (Å²) in [5.41, 5.74) is 1.49. The highest BCUT2D eigenvalue weighted by Crippen LogP contribution is 2.39. The van der Waals surface area contributed by atoms with E-state index in [1.165, 1.54) is 43.8 Å². The van der Waals surface area contributed by atoms with Crippen LogP contribution in [0.15, 0.2) is 52.3 Å². The molecule has 7 heteroatoms. The van der Waals surface area contributed by atoms with Crippen LogP contribution in [0.25, 0.3) is 6.08 Å². The third-order valence-corrected chi connectivity index (χ3v) is 6.53. The molecule has 2 aromatic rings. The number of thioether (sulfide) groups is 1. The average molecular weight is 427 g/mol. The molecule has 1 fully saturated rings. The molecule has 0 aromatic heterocycles. The van der Waals surface area contributed by atoms with Crippen molar-refractivity contribution in [3.63, 3.8) is 0 Å². The summed E-state index contributed by atoms with van der Waals surface area (Å²) in [6.45, 7) is 4.22. The maximum Gasteiger partial charge on any atom is 0.262 e.